The first-order valence-electron chi connectivity index (χ1n) is 10.7. The van der Waals surface area contributed by atoms with E-state index in [1.165, 1.54) is 0 Å². The average molecular weight is 453 g/mol. The molecule has 2 amide bonds. The minimum absolute atomic E-state index is 0.0345. The van der Waals surface area contributed by atoms with Crippen LogP contribution in [0.25, 0.3) is 10.9 Å². The Kier molecular flexibility index (Phi) is 4.91. The molecule has 8 heteroatoms. The number of carbonyl (C=O) groups is 2. The Labute approximate surface area is 191 Å². The van der Waals surface area contributed by atoms with E-state index in [1.54, 1.807) is 28.0 Å². The number of H-pyrrole nitrogens is 1. The Morgan fingerprint density at radius 2 is 2.06 bits per heavy atom. The Hall–Kier alpha value is -3.03. The van der Waals surface area contributed by atoms with E-state index < -0.39 is 11.6 Å². The van der Waals surface area contributed by atoms with E-state index in [2.05, 4.69) is 10.3 Å². The summed E-state index contributed by atoms with van der Waals surface area (Å²) in [5.41, 5.74) is 2.44. The summed E-state index contributed by atoms with van der Waals surface area (Å²) in [5, 5.41) is 14.8. The van der Waals surface area contributed by atoms with Crippen molar-refractivity contribution < 1.29 is 14.7 Å². The second kappa shape index (κ2) is 7.53. The first kappa shape index (κ1) is 20.8. The van der Waals surface area contributed by atoms with Crippen LogP contribution < -0.4 is 5.32 Å². The summed E-state index contributed by atoms with van der Waals surface area (Å²) < 4.78 is 0. The minimum atomic E-state index is -1.05. The number of amides is 2. The maximum absolute atomic E-state index is 13.7. The van der Waals surface area contributed by atoms with Crippen LogP contribution in [0.1, 0.15) is 29.8 Å². The van der Waals surface area contributed by atoms with Gasteiger partial charge in [-0.15, -0.1) is 0 Å². The largest absolute Gasteiger partial charge is 0.508 e. The molecule has 1 saturated heterocycles. The topological polar surface area (TPSA) is 88.7 Å². The number of phenolic OH excluding ortho intramolecular Hbond substituents is 1. The zero-order chi connectivity index (χ0) is 22.6. The number of benzene rings is 2. The molecule has 0 bridgehead atoms. The molecule has 1 fully saturated rings. The average Bonchev–Trinajstić information content (AvgIpc) is 3.11. The molecule has 0 radical (unpaired) electrons. The number of aromatic nitrogens is 1. The first-order chi connectivity index (χ1) is 15.3. The lowest BCUT2D eigenvalue weighted by Gasteiger charge is -2.53. The third kappa shape index (κ3) is 3.07. The van der Waals surface area contributed by atoms with Crippen molar-refractivity contribution in [3.63, 3.8) is 0 Å². The van der Waals surface area contributed by atoms with Gasteiger partial charge in [0.25, 0.3) is 0 Å². The Bertz CT molecular complexity index is 1240. The van der Waals surface area contributed by atoms with Crippen LogP contribution in [0.4, 0.5) is 0 Å². The predicted octanol–water partition coefficient (Wildman–Crippen LogP) is 2.82. The molecule has 3 aromatic rings. The molecule has 0 aliphatic carbocycles. The zero-order valence-electron chi connectivity index (χ0n) is 18.0. The van der Waals surface area contributed by atoms with Gasteiger partial charge in [0.05, 0.1) is 12.6 Å². The summed E-state index contributed by atoms with van der Waals surface area (Å²) in [6.07, 6.45) is 0.388. The van der Waals surface area contributed by atoms with Crippen molar-refractivity contribution in [2.24, 2.45) is 0 Å². The molecule has 0 spiro atoms. The number of likely N-dealkylation sites (N-methyl/N-ethyl adjacent to an activating group) is 1. The van der Waals surface area contributed by atoms with Gasteiger partial charge in [-0.05, 0) is 55.4 Å². The van der Waals surface area contributed by atoms with E-state index in [1.807, 2.05) is 38.2 Å². The highest BCUT2D eigenvalue weighted by atomic mass is 35.5. The van der Waals surface area contributed by atoms with Crippen LogP contribution in [0.15, 0.2) is 42.5 Å². The summed E-state index contributed by atoms with van der Waals surface area (Å²) in [6.45, 7) is 2.96. The van der Waals surface area contributed by atoms with Gasteiger partial charge in [-0.25, -0.2) is 0 Å². The van der Waals surface area contributed by atoms with Crippen LogP contribution in [0.2, 0.25) is 5.02 Å². The number of halogens is 1. The summed E-state index contributed by atoms with van der Waals surface area (Å²) in [4.78, 5) is 34.1. The van der Waals surface area contributed by atoms with Crippen LogP contribution >= 0.6 is 11.6 Å². The van der Waals surface area contributed by atoms with Crippen molar-refractivity contribution in [1.29, 1.82) is 0 Å². The highest BCUT2D eigenvalue weighted by Gasteiger charge is 2.55. The fourth-order valence-corrected chi connectivity index (χ4v) is 5.37. The van der Waals surface area contributed by atoms with Gasteiger partial charge in [0, 0.05) is 41.1 Å². The van der Waals surface area contributed by atoms with Crippen molar-refractivity contribution >= 4 is 34.3 Å². The lowest BCUT2D eigenvalue weighted by Crippen LogP contribution is -2.70. The van der Waals surface area contributed by atoms with Gasteiger partial charge < -0.3 is 25.2 Å². The van der Waals surface area contributed by atoms with Gasteiger partial charge in [-0.1, -0.05) is 23.7 Å². The van der Waals surface area contributed by atoms with Gasteiger partial charge in [0.2, 0.25) is 11.8 Å². The smallest absolute Gasteiger partial charge is 0.249 e. The van der Waals surface area contributed by atoms with Crippen LogP contribution in [0.5, 0.6) is 5.75 Å². The molecule has 0 saturated carbocycles. The van der Waals surface area contributed by atoms with Crippen LogP contribution in [-0.4, -0.2) is 63.9 Å². The number of hydrogen-bond acceptors (Lipinski definition) is 4. The van der Waals surface area contributed by atoms with Crippen LogP contribution in [0, 0.1) is 0 Å². The molecule has 2 aromatic carbocycles. The molecule has 32 heavy (non-hydrogen) atoms. The summed E-state index contributed by atoms with van der Waals surface area (Å²) in [5.74, 6) is -0.0691. The predicted molar refractivity (Wildman–Crippen MR) is 123 cm³/mol. The van der Waals surface area contributed by atoms with Gasteiger partial charge in [0.15, 0.2) is 0 Å². The van der Waals surface area contributed by atoms with E-state index in [-0.39, 0.29) is 24.1 Å². The number of aromatic amines is 1. The van der Waals surface area contributed by atoms with Crippen molar-refractivity contribution in [1.82, 2.24) is 20.1 Å². The summed E-state index contributed by atoms with van der Waals surface area (Å²) in [6, 6.07) is 12.0. The van der Waals surface area contributed by atoms with Crippen molar-refractivity contribution in [3.8, 4) is 5.75 Å². The Balaban J connectivity index is 1.73. The molecule has 2 atom stereocenters. The number of piperazine rings is 1. The Morgan fingerprint density at radius 1 is 1.25 bits per heavy atom. The van der Waals surface area contributed by atoms with Crippen molar-refractivity contribution in [3.05, 3.63) is 64.3 Å². The molecule has 3 N–H and O–H groups in total. The molecular weight excluding hydrogens is 428 g/mol. The SMILES string of the molecule is CNCCN1CC(=O)N2[C@H](c3cccc(O)c3)c3[nH]c4ccc(Cl)cc4c3C[C@@]2(C)C1=O. The molecule has 166 valence electrons. The van der Waals surface area contributed by atoms with Gasteiger partial charge >= 0.3 is 0 Å². The lowest BCUT2D eigenvalue weighted by molar-refractivity contribution is -0.167. The molecule has 3 heterocycles. The number of carbonyl (C=O) groups excluding carboxylic acids is 2. The lowest BCUT2D eigenvalue weighted by atomic mass is 9.78. The highest BCUT2D eigenvalue weighted by molar-refractivity contribution is 6.31. The maximum atomic E-state index is 13.7. The Morgan fingerprint density at radius 3 is 2.81 bits per heavy atom. The summed E-state index contributed by atoms with van der Waals surface area (Å²) >= 11 is 6.30. The van der Waals surface area contributed by atoms with Gasteiger partial charge in [-0.3, -0.25) is 9.59 Å². The quantitative estimate of drug-likeness (QED) is 0.568. The van der Waals surface area contributed by atoms with Gasteiger partial charge in [-0.2, -0.15) is 0 Å². The monoisotopic (exact) mass is 452 g/mol. The fraction of sp³-hybridized carbons (Fsp3) is 0.333. The number of nitrogens with one attached hydrogen (secondary N) is 2. The van der Waals surface area contributed by atoms with E-state index in [0.717, 1.165) is 27.7 Å². The minimum Gasteiger partial charge on any atom is -0.508 e. The molecule has 5 rings (SSSR count). The summed E-state index contributed by atoms with van der Waals surface area (Å²) in [7, 11) is 1.82. The molecule has 2 aliphatic heterocycles. The standard InChI is InChI=1S/C24H25ClN4O3/c1-24-12-18-17-11-15(25)6-7-19(17)27-21(18)22(14-4-3-5-16(30)10-14)29(24)20(31)13-28(23(24)32)9-8-26-2/h3-7,10-11,22,26-27,30H,8-9,12-13H2,1-2H3/t22-,24+/m1/s1. The highest BCUT2D eigenvalue weighted by Crippen LogP contribution is 2.47. The van der Waals surface area contributed by atoms with E-state index in [9.17, 15) is 14.7 Å². The second-order valence-corrected chi connectivity index (χ2v) is 9.19. The fourth-order valence-electron chi connectivity index (χ4n) is 5.20. The van der Waals surface area contributed by atoms with Crippen LogP contribution in [-0.2, 0) is 16.0 Å². The molecular formula is C24H25ClN4O3. The number of phenols is 1. The third-order valence-electron chi connectivity index (χ3n) is 6.65. The van der Waals surface area contributed by atoms with E-state index >= 15 is 0 Å². The van der Waals surface area contributed by atoms with Crippen LogP contribution in [0.3, 0.4) is 0 Å². The second-order valence-electron chi connectivity index (χ2n) is 8.75. The number of aromatic hydroxyl groups is 1. The number of hydrogen-bond donors (Lipinski definition) is 3. The normalized spacial score (nSPS) is 22.9. The number of nitrogens with zero attached hydrogens (tertiary/aromatic N) is 2. The van der Waals surface area contributed by atoms with Crippen molar-refractivity contribution in [2.75, 3.05) is 26.7 Å². The molecule has 1 aromatic heterocycles. The van der Waals surface area contributed by atoms with E-state index in [4.69, 9.17) is 11.6 Å². The number of rotatable bonds is 4. The third-order valence-corrected chi connectivity index (χ3v) is 6.88. The molecule has 2 aliphatic rings. The molecule has 7 nitrogen and oxygen atoms in total. The maximum Gasteiger partial charge on any atom is 0.249 e. The van der Waals surface area contributed by atoms with Gasteiger partial charge in [0.1, 0.15) is 11.3 Å². The van der Waals surface area contributed by atoms with Crippen molar-refractivity contribution in [2.45, 2.75) is 24.9 Å². The first-order valence-corrected chi connectivity index (χ1v) is 11.1. The number of fused-ring (bicyclic) bond motifs is 4. The zero-order valence-corrected chi connectivity index (χ0v) is 18.7. The molecule has 0 unspecified atom stereocenters. The van der Waals surface area contributed by atoms with E-state index in [0.29, 0.717) is 24.5 Å².